The topological polar surface area (TPSA) is 92.4 Å². The van der Waals surface area contributed by atoms with E-state index >= 15 is 0 Å². The minimum atomic E-state index is -0.310. The molecular formula is C24H26N4O3. The largest absolute Gasteiger partial charge is 0.380 e. The molecule has 3 aromatic rings. The van der Waals surface area contributed by atoms with Gasteiger partial charge in [0.25, 0.3) is 11.8 Å². The van der Waals surface area contributed by atoms with Crippen LogP contribution in [0.2, 0.25) is 0 Å². The van der Waals surface area contributed by atoms with Gasteiger partial charge >= 0.3 is 0 Å². The molecule has 0 unspecified atom stereocenters. The zero-order chi connectivity index (χ0) is 21.7. The Bertz CT molecular complexity index is 965. The maximum Gasteiger partial charge on any atom is 0.276 e. The molecule has 1 aromatic heterocycles. The van der Waals surface area contributed by atoms with Crippen LogP contribution >= 0.6 is 0 Å². The highest BCUT2D eigenvalue weighted by molar-refractivity contribution is 5.99. The molecule has 2 aromatic carbocycles. The average molecular weight is 418 g/mol. The summed E-state index contributed by atoms with van der Waals surface area (Å²) in [5.41, 5.74) is 5.43. The lowest BCUT2D eigenvalue weighted by atomic mass is 10.1. The monoisotopic (exact) mass is 418 g/mol. The Morgan fingerprint density at radius 2 is 1.58 bits per heavy atom. The molecule has 0 aliphatic carbocycles. The third-order valence-electron chi connectivity index (χ3n) is 4.56. The van der Waals surface area contributed by atoms with E-state index in [2.05, 4.69) is 21.1 Å². The molecular weight excluding hydrogens is 392 g/mol. The molecule has 160 valence electrons. The quantitative estimate of drug-likeness (QED) is 0.327. The van der Waals surface area contributed by atoms with Gasteiger partial charge in [0, 0.05) is 36.7 Å². The van der Waals surface area contributed by atoms with Gasteiger partial charge in [0.1, 0.15) is 0 Å². The van der Waals surface area contributed by atoms with Crippen molar-refractivity contribution in [3.8, 4) is 0 Å². The van der Waals surface area contributed by atoms with Crippen LogP contribution in [0.4, 0.5) is 5.69 Å². The Morgan fingerprint density at radius 3 is 2.39 bits per heavy atom. The van der Waals surface area contributed by atoms with Crippen molar-refractivity contribution in [3.63, 3.8) is 0 Å². The number of nitrogens with zero attached hydrogens (tertiary/aromatic N) is 1. The lowest BCUT2D eigenvalue weighted by Crippen LogP contribution is -2.26. The van der Waals surface area contributed by atoms with Gasteiger partial charge in [-0.2, -0.15) is 0 Å². The van der Waals surface area contributed by atoms with Crippen molar-refractivity contribution < 1.29 is 14.4 Å². The van der Waals surface area contributed by atoms with E-state index in [1.807, 2.05) is 48.5 Å². The highest BCUT2D eigenvalue weighted by atomic mass is 16.6. The third kappa shape index (κ3) is 7.24. The molecule has 0 saturated heterocycles. The highest BCUT2D eigenvalue weighted by Gasteiger charge is 2.11. The number of carbonyl (C=O) groups excluding carboxylic acids is 2. The molecule has 0 spiro atoms. The number of anilines is 1. The molecule has 0 aliphatic rings. The van der Waals surface area contributed by atoms with Crippen LogP contribution in [-0.2, 0) is 11.4 Å². The van der Waals surface area contributed by atoms with Crippen LogP contribution in [-0.4, -0.2) is 29.9 Å². The first-order valence-corrected chi connectivity index (χ1v) is 10.2. The maximum absolute atomic E-state index is 12.5. The van der Waals surface area contributed by atoms with Crippen molar-refractivity contribution in [2.75, 3.05) is 18.5 Å². The van der Waals surface area contributed by atoms with E-state index in [1.54, 1.807) is 30.6 Å². The Balaban J connectivity index is 1.35. The van der Waals surface area contributed by atoms with E-state index < -0.39 is 0 Å². The molecule has 3 N–H and O–H groups in total. The van der Waals surface area contributed by atoms with E-state index in [-0.39, 0.29) is 11.8 Å². The number of nitrogens with one attached hydrogen (secondary N) is 3. The molecule has 0 saturated carbocycles. The van der Waals surface area contributed by atoms with Crippen molar-refractivity contribution in [1.82, 2.24) is 15.8 Å². The second-order valence-electron chi connectivity index (χ2n) is 6.86. The number of aromatic nitrogens is 1. The van der Waals surface area contributed by atoms with Gasteiger partial charge in [-0.1, -0.05) is 30.3 Å². The van der Waals surface area contributed by atoms with Gasteiger partial charge in [0.05, 0.1) is 12.2 Å². The van der Waals surface area contributed by atoms with E-state index in [0.717, 1.165) is 17.7 Å². The van der Waals surface area contributed by atoms with Crippen LogP contribution in [0, 0.1) is 0 Å². The number of benzene rings is 2. The number of pyridine rings is 1. The maximum atomic E-state index is 12.5. The first-order chi connectivity index (χ1) is 15.2. The number of amides is 2. The van der Waals surface area contributed by atoms with Gasteiger partial charge in [-0.25, -0.2) is 5.48 Å². The van der Waals surface area contributed by atoms with Crippen LogP contribution in [0.5, 0.6) is 0 Å². The Hall–Kier alpha value is -3.71. The van der Waals surface area contributed by atoms with Gasteiger partial charge in [-0.15, -0.1) is 0 Å². The lowest BCUT2D eigenvalue weighted by Gasteiger charge is -2.12. The number of para-hydroxylation sites is 1. The highest BCUT2D eigenvalue weighted by Crippen LogP contribution is 2.16. The summed E-state index contributed by atoms with van der Waals surface area (Å²) in [6.45, 7) is 1.49. The SMILES string of the molecule is O=C(NCCCCONC(=O)c1ccccc1NCc1ccncc1)c1ccccc1. The van der Waals surface area contributed by atoms with E-state index in [0.29, 0.717) is 37.2 Å². The number of hydrogen-bond acceptors (Lipinski definition) is 5. The van der Waals surface area contributed by atoms with Crippen molar-refractivity contribution in [3.05, 3.63) is 95.8 Å². The minimum absolute atomic E-state index is 0.0920. The Kier molecular flexibility index (Phi) is 8.58. The molecule has 3 rings (SSSR count). The third-order valence-corrected chi connectivity index (χ3v) is 4.56. The van der Waals surface area contributed by atoms with Crippen LogP contribution in [0.15, 0.2) is 79.1 Å². The fourth-order valence-electron chi connectivity index (χ4n) is 2.90. The predicted molar refractivity (Wildman–Crippen MR) is 119 cm³/mol. The van der Waals surface area contributed by atoms with Gasteiger partial charge in [0.2, 0.25) is 0 Å². The average Bonchev–Trinajstić information content (AvgIpc) is 2.83. The van der Waals surface area contributed by atoms with Crippen molar-refractivity contribution >= 4 is 17.5 Å². The first-order valence-electron chi connectivity index (χ1n) is 10.2. The van der Waals surface area contributed by atoms with Gasteiger partial charge in [-0.05, 0) is 54.8 Å². The van der Waals surface area contributed by atoms with Gasteiger partial charge in [-0.3, -0.25) is 19.4 Å². The van der Waals surface area contributed by atoms with Gasteiger partial charge < -0.3 is 10.6 Å². The molecule has 0 radical (unpaired) electrons. The van der Waals surface area contributed by atoms with E-state index in [1.165, 1.54) is 0 Å². The second kappa shape index (κ2) is 12.1. The molecule has 0 bridgehead atoms. The number of carbonyl (C=O) groups is 2. The number of hydroxylamine groups is 1. The number of hydrogen-bond donors (Lipinski definition) is 3. The molecule has 1 heterocycles. The summed E-state index contributed by atoms with van der Waals surface area (Å²) < 4.78 is 0. The lowest BCUT2D eigenvalue weighted by molar-refractivity contribution is 0.0300. The summed E-state index contributed by atoms with van der Waals surface area (Å²) in [5, 5.41) is 6.13. The van der Waals surface area contributed by atoms with Crippen LogP contribution in [0.25, 0.3) is 0 Å². The zero-order valence-corrected chi connectivity index (χ0v) is 17.2. The fourth-order valence-corrected chi connectivity index (χ4v) is 2.90. The van der Waals surface area contributed by atoms with Crippen molar-refractivity contribution in [2.45, 2.75) is 19.4 Å². The summed E-state index contributed by atoms with van der Waals surface area (Å²) in [4.78, 5) is 33.7. The van der Waals surface area contributed by atoms with E-state index in [9.17, 15) is 9.59 Å². The smallest absolute Gasteiger partial charge is 0.276 e. The summed E-state index contributed by atoms with van der Waals surface area (Å²) in [5.74, 6) is -0.402. The normalized spacial score (nSPS) is 10.3. The van der Waals surface area contributed by atoms with E-state index in [4.69, 9.17) is 4.84 Å². The molecule has 2 amide bonds. The van der Waals surface area contributed by atoms with Crippen molar-refractivity contribution in [2.24, 2.45) is 0 Å². The number of unbranched alkanes of at least 4 members (excludes halogenated alkanes) is 1. The molecule has 31 heavy (non-hydrogen) atoms. The summed E-state index contributed by atoms with van der Waals surface area (Å²) in [7, 11) is 0. The minimum Gasteiger partial charge on any atom is -0.380 e. The second-order valence-corrected chi connectivity index (χ2v) is 6.86. The Labute approximate surface area is 181 Å². The number of rotatable bonds is 11. The standard InChI is InChI=1S/C24H26N4O3/c29-23(20-8-2-1-3-9-20)26-14-6-7-17-31-28-24(30)21-10-4-5-11-22(21)27-18-19-12-15-25-16-13-19/h1-5,8-13,15-16,27H,6-7,14,17-18H2,(H,26,29)(H,28,30). The molecule has 0 fully saturated rings. The van der Waals surface area contributed by atoms with Crippen LogP contribution < -0.4 is 16.1 Å². The summed E-state index contributed by atoms with van der Waals surface area (Å²) in [6.07, 6.45) is 4.92. The fraction of sp³-hybridized carbons (Fsp3) is 0.208. The zero-order valence-electron chi connectivity index (χ0n) is 17.2. The molecule has 7 heteroatoms. The van der Waals surface area contributed by atoms with Gasteiger partial charge in [0.15, 0.2) is 0 Å². The first kappa shape index (κ1) is 22.0. The molecule has 0 aliphatic heterocycles. The van der Waals surface area contributed by atoms with Crippen LogP contribution in [0.3, 0.4) is 0 Å². The van der Waals surface area contributed by atoms with Crippen LogP contribution in [0.1, 0.15) is 39.1 Å². The summed E-state index contributed by atoms with van der Waals surface area (Å²) in [6, 6.07) is 20.2. The Morgan fingerprint density at radius 1 is 0.839 bits per heavy atom. The predicted octanol–water partition coefficient (Wildman–Crippen LogP) is 3.57. The molecule has 0 atom stereocenters. The van der Waals surface area contributed by atoms with Crippen molar-refractivity contribution in [1.29, 1.82) is 0 Å². The summed E-state index contributed by atoms with van der Waals surface area (Å²) >= 11 is 0. The molecule has 7 nitrogen and oxygen atoms in total.